The molecule has 0 unspecified atom stereocenters. The smallest absolute Gasteiger partial charge is 0.358 e. The third-order valence-corrected chi connectivity index (χ3v) is 3.68. The molecule has 0 saturated carbocycles. The Kier molecular flexibility index (Phi) is 5.02. The number of aryl methyl sites for hydroxylation is 2. The molecule has 10 heteroatoms. The predicted molar refractivity (Wildman–Crippen MR) is 92.4 cm³/mol. The molecule has 0 aliphatic carbocycles. The summed E-state index contributed by atoms with van der Waals surface area (Å²) in [7, 11) is 0. The molecule has 1 amide bonds. The minimum atomic E-state index is -0.563. The molecule has 3 rings (SSSR count). The van der Waals surface area contributed by atoms with Gasteiger partial charge in [0.05, 0.1) is 29.9 Å². The molecule has 2 aromatic heterocycles. The minimum Gasteiger partial charge on any atom is -0.358 e. The third kappa shape index (κ3) is 4.29. The molecular formula is C16H17N7O3. The molecule has 2 heterocycles. The fourth-order valence-corrected chi connectivity index (χ4v) is 2.40. The molecule has 26 heavy (non-hydrogen) atoms. The second-order valence-electron chi connectivity index (χ2n) is 5.67. The predicted octanol–water partition coefficient (Wildman–Crippen LogP) is 1.77. The number of anilines is 1. The van der Waals surface area contributed by atoms with Crippen molar-refractivity contribution in [1.29, 1.82) is 0 Å². The fraction of sp³-hybridized carbons (Fsp3) is 0.250. The Morgan fingerprint density at radius 3 is 2.73 bits per heavy atom. The molecule has 3 aromatic rings. The van der Waals surface area contributed by atoms with Crippen LogP contribution >= 0.6 is 0 Å². The first kappa shape index (κ1) is 17.3. The van der Waals surface area contributed by atoms with Gasteiger partial charge in [0.15, 0.2) is 0 Å². The number of aromatic nitrogens is 5. The van der Waals surface area contributed by atoms with E-state index >= 15 is 0 Å². The average molecular weight is 355 g/mol. The van der Waals surface area contributed by atoms with E-state index in [4.69, 9.17) is 0 Å². The standard InChI is InChI=1S/C16H17N7O3/c1-12-9-14(23(25)26)19-22(12)8-7-15(24)18-16-17-11-21(20-16)10-13-5-3-2-4-6-13/h2-6,9,11H,7-8,10H2,1H3,(H,18,20,24). The molecule has 10 nitrogen and oxygen atoms in total. The van der Waals surface area contributed by atoms with Gasteiger partial charge >= 0.3 is 5.82 Å². The van der Waals surface area contributed by atoms with E-state index < -0.39 is 4.92 Å². The van der Waals surface area contributed by atoms with Gasteiger partial charge in [-0.05, 0) is 17.4 Å². The van der Waals surface area contributed by atoms with Crippen molar-refractivity contribution in [2.45, 2.75) is 26.4 Å². The van der Waals surface area contributed by atoms with Crippen molar-refractivity contribution >= 4 is 17.7 Å². The van der Waals surface area contributed by atoms with Crippen LogP contribution in [0.25, 0.3) is 0 Å². The first-order valence-electron chi connectivity index (χ1n) is 7.93. The van der Waals surface area contributed by atoms with Gasteiger partial charge in [0.1, 0.15) is 6.33 Å². The van der Waals surface area contributed by atoms with E-state index in [2.05, 4.69) is 20.5 Å². The number of benzene rings is 1. The van der Waals surface area contributed by atoms with Gasteiger partial charge in [-0.25, -0.2) is 9.67 Å². The lowest BCUT2D eigenvalue weighted by molar-refractivity contribution is -0.389. The number of rotatable bonds is 7. The summed E-state index contributed by atoms with van der Waals surface area (Å²) < 4.78 is 3.06. The first-order chi connectivity index (χ1) is 12.5. The summed E-state index contributed by atoms with van der Waals surface area (Å²) in [5.41, 5.74) is 1.70. The van der Waals surface area contributed by atoms with E-state index in [1.54, 1.807) is 17.9 Å². The highest BCUT2D eigenvalue weighted by Gasteiger charge is 2.16. The molecule has 0 atom stereocenters. The number of hydrogen-bond acceptors (Lipinski definition) is 6. The van der Waals surface area contributed by atoms with Crippen molar-refractivity contribution in [3.05, 3.63) is 64.1 Å². The van der Waals surface area contributed by atoms with E-state index in [1.165, 1.54) is 10.7 Å². The molecule has 0 aliphatic heterocycles. The van der Waals surface area contributed by atoms with Gasteiger partial charge in [0, 0.05) is 6.42 Å². The van der Waals surface area contributed by atoms with Gasteiger partial charge in [-0.2, -0.15) is 4.68 Å². The average Bonchev–Trinajstić information content (AvgIpc) is 3.20. The van der Waals surface area contributed by atoms with Gasteiger partial charge in [0.2, 0.25) is 11.9 Å². The second-order valence-corrected chi connectivity index (χ2v) is 5.67. The molecule has 1 N–H and O–H groups in total. The molecular weight excluding hydrogens is 338 g/mol. The van der Waals surface area contributed by atoms with Crippen molar-refractivity contribution in [2.24, 2.45) is 0 Å². The van der Waals surface area contributed by atoms with Crippen LogP contribution in [-0.4, -0.2) is 35.4 Å². The van der Waals surface area contributed by atoms with Gasteiger partial charge < -0.3 is 10.1 Å². The van der Waals surface area contributed by atoms with Gasteiger partial charge in [-0.15, -0.1) is 5.10 Å². The van der Waals surface area contributed by atoms with Crippen molar-refractivity contribution in [3.8, 4) is 0 Å². The summed E-state index contributed by atoms with van der Waals surface area (Å²) in [6.07, 6.45) is 1.65. The molecule has 0 saturated heterocycles. The Labute approximate surface area is 148 Å². The molecule has 134 valence electrons. The second kappa shape index (κ2) is 7.55. The summed E-state index contributed by atoms with van der Waals surface area (Å²) in [6.45, 7) is 2.49. The molecule has 0 spiro atoms. The molecule has 0 fully saturated rings. The largest absolute Gasteiger partial charge is 0.390 e. The van der Waals surface area contributed by atoms with Crippen LogP contribution in [-0.2, 0) is 17.9 Å². The first-order valence-corrected chi connectivity index (χ1v) is 7.93. The zero-order valence-corrected chi connectivity index (χ0v) is 14.1. The number of nitro groups is 1. The van der Waals surface area contributed by atoms with Crippen LogP contribution in [0.1, 0.15) is 17.7 Å². The van der Waals surface area contributed by atoms with Crippen LogP contribution < -0.4 is 5.32 Å². The third-order valence-electron chi connectivity index (χ3n) is 3.68. The minimum absolute atomic E-state index is 0.104. The zero-order chi connectivity index (χ0) is 18.5. The summed E-state index contributed by atoms with van der Waals surface area (Å²) in [4.78, 5) is 26.2. The summed E-state index contributed by atoms with van der Waals surface area (Å²) in [5, 5.41) is 21.4. The number of hydrogen-bond donors (Lipinski definition) is 1. The van der Waals surface area contributed by atoms with Crippen LogP contribution in [0.3, 0.4) is 0 Å². The lowest BCUT2D eigenvalue weighted by Crippen LogP contribution is -2.16. The normalized spacial score (nSPS) is 10.7. The summed E-state index contributed by atoms with van der Waals surface area (Å²) >= 11 is 0. The van der Waals surface area contributed by atoms with Crippen molar-refractivity contribution < 1.29 is 9.72 Å². The van der Waals surface area contributed by atoms with Gasteiger partial charge in [-0.1, -0.05) is 30.3 Å². The maximum atomic E-state index is 12.0. The van der Waals surface area contributed by atoms with Gasteiger partial charge in [-0.3, -0.25) is 10.1 Å². The van der Waals surface area contributed by atoms with E-state index in [0.717, 1.165) is 5.56 Å². The number of nitrogens with one attached hydrogen (secondary N) is 1. The van der Waals surface area contributed by atoms with Crippen LogP contribution in [0, 0.1) is 17.0 Å². The number of nitrogens with zero attached hydrogens (tertiary/aromatic N) is 6. The van der Waals surface area contributed by atoms with E-state index in [-0.39, 0.29) is 30.6 Å². The highest BCUT2D eigenvalue weighted by Crippen LogP contribution is 2.11. The molecule has 0 aliphatic rings. The molecule has 0 bridgehead atoms. The lowest BCUT2D eigenvalue weighted by atomic mass is 10.2. The van der Waals surface area contributed by atoms with Crippen LogP contribution in [0.4, 0.5) is 11.8 Å². The maximum absolute atomic E-state index is 12.0. The Balaban J connectivity index is 1.53. The summed E-state index contributed by atoms with van der Waals surface area (Å²) in [6, 6.07) is 11.1. The SMILES string of the molecule is Cc1cc([N+](=O)[O-])nn1CCC(=O)Nc1ncn(Cc2ccccc2)n1. The Bertz CT molecular complexity index is 917. The lowest BCUT2D eigenvalue weighted by Gasteiger charge is -2.02. The van der Waals surface area contributed by atoms with Crippen LogP contribution in [0.5, 0.6) is 0 Å². The van der Waals surface area contributed by atoms with Gasteiger partial charge in [0.25, 0.3) is 0 Å². The van der Waals surface area contributed by atoms with E-state index in [0.29, 0.717) is 12.2 Å². The number of carbonyl (C=O) groups is 1. The Morgan fingerprint density at radius 2 is 2.04 bits per heavy atom. The maximum Gasteiger partial charge on any atom is 0.390 e. The topological polar surface area (TPSA) is 121 Å². The highest BCUT2D eigenvalue weighted by molar-refractivity contribution is 5.88. The quantitative estimate of drug-likeness (QED) is 0.509. The highest BCUT2D eigenvalue weighted by atomic mass is 16.6. The van der Waals surface area contributed by atoms with Crippen molar-refractivity contribution in [2.75, 3.05) is 5.32 Å². The number of amides is 1. The monoisotopic (exact) mass is 355 g/mol. The molecule has 0 radical (unpaired) electrons. The van der Waals surface area contributed by atoms with Crippen molar-refractivity contribution in [1.82, 2.24) is 24.5 Å². The zero-order valence-electron chi connectivity index (χ0n) is 14.1. The number of carbonyl (C=O) groups excluding carboxylic acids is 1. The van der Waals surface area contributed by atoms with E-state index in [1.807, 2.05) is 30.3 Å². The van der Waals surface area contributed by atoms with Crippen LogP contribution in [0.15, 0.2) is 42.7 Å². The Morgan fingerprint density at radius 1 is 1.27 bits per heavy atom. The van der Waals surface area contributed by atoms with E-state index in [9.17, 15) is 14.9 Å². The molecule has 1 aromatic carbocycles. The Hall–Kier alpha value is -3.56. The van der Waals surface area contributed by atoms with Crippen LogP contribution in [0.2, 0.25) is 0 Å². The van der Waals surface area contributed by atoms with Crippen molar-refractivity contribution in [3.63, 3.8) is 0 Å². The summed E-state index contributed by atoms with van der Waals surface area (Å²) in [5.74, 6) is -0.307. The fourth-order valence-electron chi connectivity index (χ4n) is 2.40.